The summed E-state index contributed by atoms with van der Waals surface area (Å²) in [5.74, 6) is 0.529. The quantitative estimate of drug-likeness (QED) is 0.759. The van der Waals surface area contributed by atoms with Gasteiger partial charge in [-0.15, -0.1) is 0 Å². The molecule has 0 aliphatic carbocycles. The first kappa shape index (κ1) is 9.71. The van der Waals surface area contributed by atoms with Crippen molar-refractivity contribution in [3.8, 4) is 0 Å². The van der Waals surface area contributed by atoms with Crippen LogP contribution in [0.15, 0.2) is 30.6 Å². The second kappa shape index (κ2) is 3.73. The average Bonchev–Trinajstić information content (AvgIpc) is 2.59. The lowest BCUT2D eigenvalue weighted by Gasteiger charge is -2.03. The van der Waals surface area contributed by atoms with Gasteiger partial charge in [-0.05, 0) is 17.7 Å². The molecule has 0 saturated heterocycles. The highest BCUT2D eigenvalue weighted by molar-refractivity contribution is 5.41. The van der Waals surface area contributed by atoms with Gasteiger partial charge in [0.05, 0.1) is 5.69 Å². The topological polar surface area (TPSA) is 43.8 Å². The van der Waals surface area contributed by atoms with E-state index in [1.165, 1.54) is 6.07 Å². The molecule has 0 aliphatic rings. The molecule has 0 fully saturated rings. The van der Waals surface area contributed by atoms with Crippen LogP contribution in [0.3, 0.4) is 0 Å². The van der Waals surface area contributed by atoms with Crippen LogP contribution in [0.5, 0.6) is 0 Å². The molecule has 1 aromatic heterocycles. The summed E-state index contributed by atoms with van der Waals surface area (Å²) in [6.45, 7) is 0. The van der Waals surface area contributed by atoms with Crippen molar-refractivity contribution < 1.29 is 4.39 Å². The highest BCUT2D eigenvalue weighted by atomic mass is 19.1. The summed E-state index contributed by atoms with van der Waals surface area (Å²) < 4.78 is 15.1. The summed E-state index contributed by atoms with van der Waals surface area (Å²) >= 11 is 0. The van der Waals surface area contributed by atoms with Gasteiger partial charge in [-0.2, -0.15) is 0 Å². The minimum atomic E-state index is -0.373. The number of hydrogen-bond acceptors (Lipinski definition) is 2. The number of imidazole rings is 1. The summed E-state index contributed by atoms with van der Waals surface area (Å²) in [5.41, 5.74) is 6.45. The molecule has 0 spiro atoms. The maximum atomic E-state index is 13.2. The normalized spacial score (nSPS) is 10.5. The largest absolute Gasteiger partial charge is 0.396 e. The second-order valence-corrected chi connectivity index (χ2v) is 3.49. The van der Waals surface area contributed by atoms with Gasteiger partial charge >= 0.3 is 0 Å². The Balaban J connectivity index is 2.25. The molecule has 0 radical (unpaired) electrons. The second-order valence-electron chi connectivity index (χ2n) is 3.49. The van der Waals surface area contributed by atoms with Crippen molar-refractivity contribution in [2.45, 2.75) is 6.42 Å². The molecule has 78 valence electrons. The summed E-state index contributed by atoms with van der Waals surface area (Å²) in [4.78, 5) is 4.17. The van der Waals surface area contributed by atoms with E-state index in [0.29, 0.717) is 6.42 Å². The molecule has 1 heterocycles. The van der Waals surface area contributed by atoms with Crippen molar-refractivity contribution >= 4 is 5.69 Å². The minimum Gasteiger partial charge on any atom is -0.396 e. The Morgan fingerprint density at radius 2 is 2.27 bits per heavy atom. The summed E-state index contributed by atoms with van der Waals surface area (Å²) in [6, 6.07) is 4.84. The molecule has 2 N–H and O–H groups in total. The Labute approximate surface area is 87.4 Å². The number of aromatic nitrogens is 2. The molecule has 2 rings (SSSR count). The first-order chi connectivity index (χ1) is 7.16. The third-order valence-electron chi connectivity index (χ3n) is 2.35. The van der Waals surface area contributed by atoms with Gasteiger partial charge in [0.25, 0.3) is 0 Å². The van der Waals surface area contributed by atoms with Crippen molar-refractivity contribution in [1.82, 2.24) is 9.55 Å². The van der Waals surface area contributed by atoms with Crippen molar-refractivity contribution in [3.63, 3.8) is 0 Å². The Morgan fingerprint density at radius 1 is 1.47 bits per heavy atom. The van der Waals surface area contributed by atoms with Gasteiger partial charge in [-0.3, -0.25) is 0 Å². The Hall–Kier alpha value is -1.84. The number of aryl methyl sites for hydroxylation is 1. The third kappa shape index (κ3) is 1.98. The molecule has 0 amide bonds. The smallest absolute Gasteiger partial charge is 0.146 e. The van der Waals surface area contributed by atoms with Crippen LogP contribution in [0.4, 0.5) is 10.1 Å². The SMILES string of the molecule is Cn1ccnc1Cc1ccc(N)c(F)c1. The van der Waals surface area contributed by atoms with Crippen molar-refractivity contribution in [3.05, 3.63) is 47.8 Å². The third-order valence-corrected chi connectivity index (χ3v) is 2.35. The van der Waals surface area contributed by atoms with Crippen LogP contribution >= 0.6 is 0 Å². The molecule has 0 saturated carbocycles. The molecule has 3 nitrogen and oxygen atoms in total. The number of halogens is 1. The number of hydrogen-bond donors (Lipinski definition) is 1. The summed E-state index contributed by atoms with van der Waals surface area (Å²) in [7, 11) is 1.91. The number of nitrogens with two attached hydrogens (primary N) is 1. The highest BCUT2D eigenvalue weighted by Crippen LogP contribution is 2.14. The van der Waals surface area contributed by atoms with E-state index in [0.717, 1.165) is 11.4 Å². The molecule has 4 heteroatoms. The zero-order chi connectivity index (χ0) is 10.8. The van der Waals surface area contributed by atoms with Gasteiger partial charge in [0.1, 0.15) is 11.6 Å². The van der Waals surface area contributed by atoms with Gasteiger partial charge < -0.3 is 10.3 Å². The van der Waals surface area contributed by atoms with Crippen molar-refractivity contribution in [1.29, 1.82) is 0 Å². The number of nitrogen functional groups attached to an aromatic ring is 1. The van der Waals surface area contributed by atoms with Gasteiger partial charge in [0.2, 0.25) is 0 Å². The maximum Gasteiger partial charge on any atom is 0.146 e. The van der Waals surface area contributed by atoms with Crippen LogP contribution in [0.2, 0.25) is 0 Å². The molecule has 0 aliphatic heterocycles. The molecule has 0 bridgehead atoms. The number of anilines is 1. The van der Waals surface area contributed by atoms with E-state index in [2.05, 4.69) is 4.98 Å². The standard InChI is InChI=1S/C11H12FN3/c1-15-5-4-14-11(15)7-8-2-3-10(13)9(12)6-8/h2-6H,7,13H2,1H3. The predicted octanol–water partition coefficient (Wildman–Crippen LogP) is 1.73. The monoisotopic (exact) mass is 205 g/mol. The zero-order valence-electron chi connectivity index (χ0n) is 8.44. The predicted molar refractivity (Wildman–Crippen MR) is 56.8 cm³/mol. The summed E-state index contributed by atoms with van der Waals surface area (Å²) in [6.07, 6.45) is 4.20. The van der Waals surface area contributed by atoms with E-state index in [1.54, 1.807) is 12.3 Å². The summed E-state index contributed by atoms with van der Waals surface area (Å²) in [5, 5.41) is 0. The van der Waals surface area contributed by atoms with Crippen LogP contribution < -0.4 is 5.73 Å². The minimum absolute atomic E-state index is 0.179. The number of rotatable bonds is 2. The van der Waals surface area contributed by atoms with Crippen LogP contribution in [-0.2, 0) is 13.5 Å². The van der Waals surface area contributed by atoms with E-state index < -0.39 is 0 Å². The lowest BCUT2D eigenvalue weighted by Crippen LogP contribution is -1.99. The maximum absolute atomic E-state index is 13.2. The van der Waals surface area contributed by atoms with Crippen LogP contribution in [0.1, 0.15) is 11.4 Å². The van der Waals surface area contributed by atoms with Crippen LogP contribution in [0, 0.1) is 5.82 Å². The Morgan fingerprint density at radius 3 is 2.87 bits per heavy atom. The van der Waals surface area contributed by atoms with E-state index in [4.69, 9.17) is 5.73 Å². The molecular formula is C11H12FN3. The zero-order valence-corrected chi connectivity index (χ0v) is 8.44. The van der Waals surface area contributed by atoms with Crippen LogP contribution in [0.25, 0.3) is 0 Å². The van der Waals surface area contributed by atoms with Gasteiger partial charge in [-0.25, -0.2) is 9.37 Å². The van der Waals surface area contributed by atoms with Gasteiger partial charge in [-0.1, -0.05) is 6.07 Å². The van der Waals surface area contributed by atoms with Crippen molar-refractivity contribution in [2.24, 2.45) is 7.05 Å². The first-order valence-electron chi connectivity index (χ1n) is 4.67. The fourth-order valence-corrected chi connectivity index (χ4v) is 1.43. The molecule has 1 aromatic carbocycles. The highest BCUT2D eigenvalue weighted by Gasteiger charge is 2.04. The van der Waals surface area contributed by atoms with Gasteiger partial charge in [0, 0.05) is 25.9 Å². The molecular weight excluding hydrogens is 193 g/mol. The van der Waals surface area contributed by atoms with E-state index in [1.807, 2.05) is 23.9 Å². The van der Waals surface area contributed by atoms with E-state index in [-0.39, 0.29) is 11.5 Å². The molecule has 0 unspecified atom stereocenters. The van der Waals surface area contributed by atoms with Crippen molar-refractivity contribution in [2.75, 3.05) is 5.73 Å². The first-order valence-corrected chi connectivity index (χ1v) is 4.67. The Kier molecular flexibility index (Phi) is 2.41. The molecule has 15 heavy (non-hydrogen) atoms. The fraction of sp³-hybridized carbons (Fsp3) is 0.182. The lowest BCUT2D eigenvalue weighted by atomic mass is 10.1. The fourth-order valence-electron chi connectivity index (χ4n) is 1.43. The Bertz CT molecular complexity index is 476. The van der Waals surface area contributed by atoms with E-state index >= 15 is 0 Å². The van der Waals surface area contributed by atoms with E-state index in [9.17, 15) is 4.39 Å². The number of nitrogens with zero attached hydrogens (tertiary/aromatic N) is 2. The molecule has 0 atom stereocenters. The van der Waals surface area contributed by atoms with Crippen LogP contribution in [-0.4, -0.2) is 9.55 Å². The molecule has 2 aromatic rings. The van der Waals surface area contributed by atoms with Gasteiger partial charge in [0.15, 0.2) is 0 Å². The lowest BCUT2D eigenvalue weighted by molar-refractivity contribution is 0.630. The average molecular weight is 205 g/mol. The number of benzene rings is 1.